The van der Waals surface area contributed by atoms with Crippen molar-refractivity contribution in [3.05, 3.63) is 11.6 Å². The number of carboxylic acid groups (broad SMARTS) is 1. The summed E-state index contributed by atoms with van der Waals surface area (Å²) in [5.74, 6) is -1.04. The Morgan fingerprint density at radius 1 is 1.18 bits per heavy atom. The molecule has 0 bridgehead atoms. The maximum atomic E-state index is 10.1. The third-order valence-corrected chi connectivity index (χ3v) is 1.19. The van der Waals surface area contributed by atoms with Crippen LogP contribution < -0.4 is 0 Å². The van der Waals surface area contributed by atoms with Gasteiger partial charge in [-0.1, -0.05) is 5.57 Å². The van der Waals surface area contributed by atoms with E-state index in [-0.39, 0.29) is 13.2 Å². The Labute approximate surface area is 64.8 Å². The van der Waals surface area contributed by atoms with Crippen molar-refractivity contribution in [3.63, 3.8) is 0 Å². The van der Waals surface area contributed by atoms with E-state index in [0.29, 0.717) is 18.4 Å². The Morgan fingerprint density at radius 3 is 1.91 bits per heavy atom. The van der Waals surface area contributed by atoms with Gasteiger partial charge in [-0.25, -0.2) is 4.79 Å². The van der Waals surface area contributed by atoms with E-state index in [4.69, 9.17) is 15.3 Å². The van der Waals surface area contributed by atoms with Crippen LogP contribution in [0.25, 0.3) is 0 Å². The lowest BCUT2D eigenvalue weighted by molar-refractivity contribution is -0.131. The largest absolute Gasteiger partial charge is 0.478 e. The lowest BCUT2D eigenvalue weighted by Crippen LogP contribution is -1.97. The van der Waals surface area contributed by atoms with Gasteiger partial charge < -0.3 is 15.3 Å². The van der Waals surface area contributed by atoms with Crippen LogP contribution in [-0.4, -0.2) is 34.5 Å². The number of hydrogen-bond acceptors (Lipinski definition) is 3. The Bertz CT molecular complexity index is 143. The summed E-state index contributed by atoms with van der Waals surface area (Å²) in [5.41, 5.74) is 0.558. The highest BCUT2D eigenvalue weighted by molar-refractivity contribution is 5.80. The predicted molar refractivity (Wildman–Crippen MR) is 39.1 cm³/mol. The first-order valence-corrected chi connectivity index (χ1v) is 3.34. The fraction of sp³-hybridized carbons (Fsp3) is 0.571. The molecule has 0 aliphatic rings. The normalized spacial score (nSPS) is 9.27. The molecule has 0 amide bonds. The standard InChI is InChI=1S/C7H12O4/c8-3-1-6(2-4-9)5-7(10)11/h5,8-9H,1-4H2,(H,10,11). The number of rotatable bonds is 5. The molecule has 4 nitrogen and oxygen atoms in total. The summed E-state index contributed by atoms with van der Waals surface area (Å²) in [4.78, 5) is 10.1. The van der Waals surface area contributed by atoms with Crippen LogP contribution in [0.2, 0.25) is 0 Å². The SMILES string of the molecule is O=C(O)C=C(CCO)CCO. The van der Waals surface area contributed by atoms with Crippen LogP contribution in [0.4, 0.5) is 0 Å². The Kier molecular flexibility index (Phi) is 5.42. The first-order chi connectivity index (χ1) is 5.20. The maximum Gasteiger partial charge on any atom is 0.328 e. The summed E-state index contributed by atoms with van der Waals surface area (Å²) in [6, 6.07) is 0. The molecule has 0 atom stereocenters. The van der Waals surface area contributed by atoms with Gasteiger partial charge in [0.1, 0.15) is 0 Å². The summed E-state index contributed by atoms with van der Waals surface area (Å²) in [6.07, 6.45) is 1.64. The van der Waals surface area contributed by atoms with Crippen molar-refractivity contribution >= 4 is 5.97 Å². The monoisotopic (exact) mass is 160 g/mol. The highest BCUT2D eigenvalue weighted by Crippen LogP contribution is 2.04. The van der Waals surface area contributed by atoms with E-state index in [1.54, 1.807) is 0 Å². The molecule has 4 heteroatoms. The lowest BCUT2D eigenvalue weighted by atomic mass is 10.1. The summed E-state index contributed by atoms with van der Waals surface area (Å²) in [7, 11) is 0. The highest BCUT2D eigenvalue weighted by atomic mass is 16.4. The van der Waals surface area contributed by atoms with Crippen molar-refractivity contribution in [2.24, 2.45) is 0 Å². The van der Waals surface area contributed by atoms with Gasteiger partial charge in [0.05, 0.1) is 0 Å². The number of hydrogen-bond donors (Lipinski definition) is 3. The third-order valence-electron chi connectivity index (χ3n) is 1.19. The van der Waals surface area contributed by atoms with Crippen molar-refractivity contribution in [1.29, 1.82) is 0 Å². The summed E-state index contributed by atoms with van der Waals surface area (Å²) in [5, 5.41) is 25.2. The van der Waals surface area contributed by atoms with Gasteiger partial charge in [-0.3, -0.25) is 0 Å². The first kappa shape index (κ1) is 10.1. The minimum absolute atomic E-state index is 0.0842. The molecule has 0 saturated heterocycles. The fourth-order valence-corrected chi connectivity index (χ4v) is 0.731. The van der Waals surface area contributed by atoms with Gasteiger partial charge in [0.15, 0.2) is 0 Å². The van der Waals surface area contributed by atoms with Gasteiger partial charge in [0.2, 0.25) is 0 Å². The second kappa shape index (κ2) is 5.88. The van der Waals surface area contributed by atoms with Crippen molar-refractivity contribution in [3.8, 4) is 0 Å². The molecule has 0 aliphatic heterocycles. The molecule has 0 spiro atoms. The van der Waals surface area contributed by atoms with Gasteiger partial charge in [-0.05, 0) is 12.8 Å². The zero-order valence-corrected chi connectivity index (χ0v) is 6.16. The highest BCUT2D eigenvalue weighted by Gasteiger charge is 1.98. The van der Waals surface area contributed by atoms with Gasteiger partial charge in [0, 0.05) is 19.3 Å². The summed E-state index contributed by atoms with van der Waals surface area (Å²) >= 11 is 0. The predicted octanol–water partition coefficient (Wildman–Crippen LogP) is -0.238. The summed E-state index contributed by atoms with van der Waals surface area (Å²) in [6.45, 7) is -0.168. The van der Waals surface area contributed by atoms with Crippen LogP contribution >= 0.6 is 0 Å². The number of carboxylic acids is 1. The lowest BCUT2D eigenvalue weighted by Gasteiger charge is -2.00. The average Bonchev–Trinajstić information content (AvgIpc) is 1.87. The van der Waals surface area contributed by atoms with Crippen LogP contribution in [0.3, 0.4) is 0 Å². The van der Waals surface area contributed by atoms with Gasteiger partial charge in [-0.15, -0.1) is 0 Å². The molecule has 0 unspecified atom stereocenters. The summed E-state index contributed by atoms with van der Waals surface area (Å²) < 4.78 is 0. The Hall–Kier alpha value is -0.870. The van der Waals surface area contributed by atoms with Crippen molar-refractivity contribution in [1.82, 2.24) is 0 Å². The smallest absolute Gasteiger partial charge is 0.328 e. The molecule has 0 aromatic rings. The molecule has 11 heavy (non-hydrogen) atoms. The molecule has 64 valence electrons. The topological polar surface area (TPSA) is 77.8 Å². The van der Waals surface area contributed by atoms with E-state index >= 15 is 0 Å². The Morgan fingerprint density at radius 2 is 1.64 bits per heavy atom. The zero-order chi connectivity index (χ0) is 8.69. The number of aliphatic hydroxyl groups is 2. The molecule has 0 aliphatic carbocycles. The molecule has 0 heterocycles. The molecule has 0 saturated carbocycles. The molecule has 0 fully saturated rings. The second-order valence-corrected chi connectivity index (χ2v) is 2.09. The minimum atomic E-state index is -1.04. The molecule has 3 N–H and O–H groups in total. The van der Waals surface area contributed by atoms with Crippen LogP contribution in [0.1, 0.15) is 12.8 Å². The van der Waals surface area contributed by atoms with Crippen molar-refractivity contribution in [2.45, 2.75) is 12.8 Å². The van der Waals surface area contributed by atoms with Crippen molar-refractivity contribution < 1.29 is 20.1 Å². The molecule has 0 aromatic heterocycles. The van der Waals surface area contributed by atoms with E-state index in [1.165, 1.54) is 0 Å². The number of carbonyl (C=O) groups is 1. The van der Waals surface area contributed by atoms with Gasteiger partial charge >= 0.3 is 5.97 Å². The minimum Gasteiger partial charge on any atom is -0.478 e. The van der Waals surface area contributed by atoms with Crippen LogP contribution in [0.5, 0.6) is 0 Å². The number of aliphatic hydroxyl groups excluding tert-OH is 2. The third kappa shape index (κ3) is 5.57. The van der Waals surface area contributed by atoms with E-state index < -0.39 is 5.97 Å². The second-order valence-electron chi connectivity index (χ2n) is 2.09. The van der Waals surface area contributed by atoms with Crippen LogP contribution in [0, 0.1) is 0 Å². The first-order valence-electron chi connectivity index (χ1n) is 3.34. The van der Waals surface area contributed by atoms with Crippen LogP contribution in [0.15, 0.2) is 11.6 Å². The van der Waals surface area contributed by atoms with E-state index in [9.17, 15) is 4.79 Å². The fourth-order valence-electron chi connectivity index (χ4n) is 0.731. The van der Waals surface area contributed by atoms with E-state index in [1.807, 2.05) is 0 Å². The van der Waals surface area contributed by atoms with E-state index in [2.05, 4.69) is 0 Å². The average molecular weight is 160 g/mol. The van der Waals surface area contributed by atoms with Crippen molar-refractivity contribution in [2.75, 3.05) is 13.2 Å². The van der Waals surface area contributed by atoms with Gasteiger partial charge in [0.25, 0.3) is 0 Å². The van der Waals surface area contributed by atoms with Crippen LogP contribution in [-0.2, 0) is 4.79 Å². The molecule has 0 aromatic carbocycles. The van der Waals surface area contributed by atoms with E-state index in [0.717, 1.165) is 6.08 Å². The molecular formula is C7H12O4. The van der Waals surface area contributed by atoms with Gasteiger partial charge in [-0.2, -0.15) is 0 Å². The maximum absolute atomic E-state index is 10.1. The molecule has 0 rings (SSSR count). The number of aliphatic carboxylic acids is 1. The quantitative estimate of drug-likeness (QED) is 0.485. The molecular weight excluding hydrogens is 148 g/mol. The zero-order valence-electron chi connectivity index (χ0n) is 6.16. The Balaban J connectivity index is 3.96. The molecule has 0 radical (unpaired) electrons.